The molecule has 7 heteroatoms. The molecule has 0 bridgehead atoms. The highest BCUT2D eigenvalue weighted by Crippen LogP contribution is 2.23. The maximum atomic E-state index is 12.4. The highest BCUT2D eigenvalue weighted by molar-refractivity contribution is 7.92. The molecule has 0 fully saturated rings. The average molecular weight is 306 g/mol. The zero-order chi connectivity index (χ0) is 14.9. The van der Waals surface area contributed by atoms with Gasteiger partial charge in [-0.05, 0) is 37.1 Å². The molecule has 0 aliphatic carbocycles. The summed E-state index contributed by atoms with van der Waals surface area (Å²) in [6.07, 6.45) is 1.64. The fourth-order valence-corrected chi connectivity index (χ4v) is 3.45. The molecular weight excluding hydrogens is 288 g/mol. The summed E-state index contributed by atoms with van der Waals surface area (Å²) in [7, 11) is -3.59. The number of hydrogen-bond donors (Lipinski definition) is 3. The molecule has 0 radical (unpaired) electrons. The maximum Gasteiger partial charge on any atom is 0.263 e. The van der Waals surface area contributed by atoms with Crippen molar-refractivity contribution in [1.29, 1.82) is 0 Å². The molecule has 0 saturated carbocycles. The molecular formula is C14H18N4O2S. The van der Waals surface area contributed by atoms with Crippen LogP contribution in [-0.4, -0.2) is 25.2 Å². The van der Waals surface area contributed by atoms with Crippen molar-refractivity contribution in [3.05, 3.63) is 41.1 Å². The minimum atomic E-state index is -3.59. The van der Waals surface area contributed by atoms with Crippen molar-refractivity contribution in [2.75, 3.05) is 11.3 Å². The fourth-order valence-electron chi connectivity index (χ4n) is 2.42. The largest absolute Gasteiger partial charge is 0.311 e. The lowest BCUT2D eigenvalue weighted by Crippen LogP contribution is -2.24. The number of benzene rings is 1. The van der Waals surface area contributed by atoms with Gasteiger partial charge in [-0.3, -0.25) is 9.82 Å². The standard InChI is InChI=1S/C14H18N4O2S/c1-2-10-3-5-11(6-4-10)21(19,20)18-14-12-7-8-15-9-13(12)16-17-14/h3-6,15H,2,7-9H2,1H3,(H2,16,17,18). The molecule has 3 rings (SSSR count). The van der Waals surface area contributed by atoms with Crippen LogP contribution >= 0.6 is 0 Å². The monoisotopic (exact) mass is 306 g/mol. The molecule has 0 unspecified atom stereocenters. The van der Waals surface area contributed by atoms with Gasteiger partial charge < -0.3 is 5.32 Å². The van der Waals surface area contributed by atoms with E-state index in [1.165, 1.54) is 0 Å². The van der Waals surface area contributed by atoms with Crippen molar-refractivity contribution in [2.24, 2.45) is 0 Å². The smallest absolute Gasteiger partial charge is 0.263 e. The van der Waals surface area contributed by atoms with Gasteiger partial charge in [0.25, 0.3) is 10.0 Å². The summed E-state index contributed by atoms with van der Waals surface area (Å²) in [6.45, 7) is 3.55. The second-order valence-corrected chi connectivity index (χ2v) is 6.74. The number of anilines is 1. The third-order valence-electron chi connectivity index (χ3n) is 3.68. The molecule has 2 heterocycles. The van der Waals surface area contributed by atoms with Crippen molar-refractivity contribution >= 4 is 15.8 Å². The summed E-state index contributed by atoms with van der Waals surface area (Å²) in [4.78, 5) is 0.255. The van der Waals surface area contributed by atoms with Crippen LogP contribution in [0.2, 0.25) is 0 Å². The number of aromatic amines is 1. The molecule has 1 aromatic heterocycles. The Hall–Kier alpha value is -1.86. The van der Waals surface area contributed by atoms with E-state index >= 15 is 0 Å². The molecule has 112 valence electrons. The number of nitrogens with zero attached hydrogens (tertiary/aromatic N) is 1. The number of sulfonamides is 1. The number of fused-ring (bicyclic) bond motifs is 1. The third-order valence-corrected chi connectivity index (χ3v) is 5.03. The Morgan fingerprint density at radius 3 is 2.76 bits per heavy atom. The third kappa shape index (κ3) is 2.79. The van der Waals surface area contributed by atoms with E-state index in [-0.39, 0.29) is 4.90 Å². The predicted octanol–water partition coefficient (Wildman–Crippen LogP) is 1.42. The summed E-state index contributed by atoms with van der Waals surface area (Å²) >= 11 is 0. The lowest BCUT2D eigenvalue weighted by atomic mass is 10.1. The van der Waals surface area contributed by atoms with Crippen LogP contribution in [0.4, 0.5) is 5.82 Å². The summed E-state index contributed by atoms with van der Waals surface area (Å²) in [5.74, 6) is 0.408. The molecule has 21 heavy (non-hydrogen) atoms. The lowest BCUT2D eigenvalue weighted by molar-refractivity contribution is 0.600. The zero-order valence-electron chi connectivity index (χ0n) is 11.8. The van der Waals surface area contributed by atoms with Crippen LogP contribution in [0.15, 0.2) is 29.2 Å². The lowest BCUT2D eigenvalue weighted by Gasteiger charge is -2.13. The Labute approximate surface area is 124 Å². The van der Waals surface area contributed by atoms with Crippen molar-refractivity contribution < 1.29 is 8.42 Å². The molecule has 0 atom stereocenters. The van der Waals surface area contributed by atoms with Crippen LogP contribution in [-0.2, 0) is 29.4 Å². The zero-order valence-corrected chi connectivity index (χ0v) is 12.6. The van der Waals surface area contributed by atoms with E-state index in [4.69, 9.17) is 0 Å². The van der Waals surface area contributed by atoms with Crippen molar-refractivity contribution in [3.63, 3.8) is 0 Å². The van der Waals surface area contributed by atoms with E-state index in [2.05, 4.69) is 20.2 Å². The van der Waals surface area contributed by atoms with Crippen LogP contribution in [0.1, 0.15) is 23.7 Å². The van der Waals surface area contributed by atoms with Gasteiger partial charge in [-0.2, -0.15) is 5.10 Å². The van der Waals surface area contributed by atoms with E-state index in [0.29, 0.717) is 12.4 Å². The van der Waals surface area contributed by atoms with E-state index in [0.717, 1.165) is 36.2 Å². The van der Waals surface area contributed by atoms with Crippen molar-refractivity contribution in [3.8, 4) is 0 Å². The van der Waals surface area contributed by atoms with Gasteiger partial charge in [-0.1, -0.05) is 19.1 Å². The molecule has 0 spiro atoms. The number of hydrogen-bond acceptors (Lipinski definition) is 4. The Morgan fingerprint density at radius 2 is 2.05 bits per heavy atom. The molecule has 1 aliphatic rings. The number of H-pyrrole nitrogens is 1. The summed E-state index contributed by atoms with van der Waals surface area (Å²) in [5.41, 5.74) is 3.00. The molecule has 6 nitrogen and oxygen atoms in total. The predicted molar refractivity (Wildman–Crippen MR) is 80.6 cm³/mol. The van der Waals surface area contributed by atoms with Gasteiger partial charge in [0.05, 0.1) is 10.6 Å². The van der Waals surface area contributed by atoms with Crippen molar-refractivity contribution in [1.82, 2.24) is 15.5 Å². The van der Waals surface area contributed by atoms with Crippen LogP contribution in [0.25, 0.3) is 0 Å². The summed E-state index contributed by atoms with van der Waals surface area (Å²) < 4.78 is 27.4. The number of aromatic nitrogens is 2. The van der Waals surface area contributed by atoms with Gasteiger partial charge in [-0.15, -0.1) is 0 Å². The van der Waals surface area contributed by atoms with Crippen LogP contribution in [0.3, 0.4) is 0 Å². The molecule has 2 aromatic rings. The highest BCUT2D eigenvalue weighted by Gasteiger charge is 2.21. The number of nitrogens with one attached hydrogen (secondary N) is 3. The van der Waals surface area contributed by atoms with E-state index in [1.807, 2.05) is 19.1 Å². The van der Waals surface area contributed by atoms with Gasteiger partial charge in [0.1, 0.15) is 0 Å². The second-order valence-electron chi connectivity index (χ2n) is 5.06. The summed E-state index contributed by atoms with van der Waals surface area (Å²) in [5, 5.41) is 10.2. The summed E-state index contributed by atoms with van der Waals surface area (Å²) in [6, 6.07) is 6.92. The quantitative estimate of drug-likeness (QED) is 0.797. The van der Waals surface area contributed by atoms with Gasteiger partial charge in [0, 0.05) is 12.1 Å². The van der Waals surface area contributed by atoms with Gasteiger partial charge >= 0.3 is 0 Å². The minimum absolute atomic E-state index is 0.255. The highest BCUT2D eigenvalue weighted by atomic mass is 32.2. The Kier molecular flexibility index (Phi) is 3.69. The number of aryl methyl sites for hydroxylation is 1. The normalized spacial score (nSPS) is 14.7. The Morgan fingerprint density at radius 1 is 1.29 bits per heavy atom. The average Bonchev–Trinajstić information content (AvgIpc) is 2.90. The maximum absolute atomic E-state index is 12.4. The molecule has 3 N–H and O–H groups in total. The minimum Gasteiger partial charge on any atom is -0.311 e. The molecule has 1 aromatic carbocycles. The van der Waals surface area contributed by atoms with Crippen LogP contribution in [0.5, 0.6) is 0 Å². The van der Waals surface area contributed by atoms with E-state index < -0.39 is 10.0 Å². The SMILES string of the molecule is CCc1ccc(S(=O)(=O)Nc2n[nH]c3c2CCNC3)cc1. The van der Waals surface area contributed by atoms with E-state index in [9.17, 15) is 8.42 Å². The first-order valence-electron chi connectivity index (χ1n) is 6.99. The van der Waals surface area contributed by atoms with Gasteiger partial charge in [-0.25, -0.2) is 8.42 Å². The topological polar surface area (TPSA) is 86.9 Å². The first-order chi connectivity index (χ1) is 10.1. The Balaban J connectivity index is 1.87. The molecule has 0 saturated heterocycles. The molecule has 0 amide bonds. The first-order valence-corrected chi connectivity index (χ1v) is 8.47. The second kappa shape index (κ2) is 5.50. The van der Waals surface area contributed by atoms with E-state index in [1.54, 1.807) is 12.1 Å². The van der Waals surface area contributed by atoms with Crippen LogP contribution < -0.4 is 10.0 Å². The van der Waals surface area contributed by atoms with Gasteiger partial charge in [0.2, 0.25) is 0 Å². The van der Waals surface area contributed by atoms with Crippen molar-refractivity contribution in [2.45, 2.75) is 31.2 Å². The fraction of sp³-hybridized carbons (Fsp3) is 0.357. The number of rotatable bonds is 4. The van der Waals surface area contributed by atoms with Crippen LogP contribution in [0, 0.1) is 0 Å². The Bertz CT molecular complexity index is 735. The van der Waals surface area contributed by atoms with Gasteiger partial charge in [0.15, 0.2) is 5.82 Å². The molecule has 1 aliphatic heterocycles. The first kappa shape index (κ1) is 14.1.